The van der Waals surface area contributed by atoms with Crippen LogP contribution in [0, 0.1) is 6.08 Å². The van der Waals surface area contributed by atoms with Crippen LogP contribution in [0.3, 0.4) is 0 Å². The maximum Gasteiger partial charge on any atom is -0.0277 e. The second kappa shape index (κ2) is 4.54. The fourth-order valence-corrected chi connectivity index (χ4v) is 1.42. The zero-order chi connectivity index (χ0) is 7.23. The summed E-state index contributed by atoms with van der Waals surface area (Å²) in [4.78, 5) is 0. The molecule has 1 saturated carbocycles. The lowest BCUT2D eigenvalue weighted by molar-refractivity contribution is 0.794. The molecule has 0 bridgehead atoms. The van der Waals surface area contributed by atoms with E-state index in [2.05, 4.69) is 13.0 Å². The highest BCUT2D eigenvalue weighted by Gasteiger charge is 2.04. The highest BCUT2D eigenvalue weighted by Crippen LogP contribution is 2.23. The number of allylic oxidation sites excluding steroid dienone is 2. The highest BCUT2D eigenvalue weighted by molar-refractivity contribution is 5.01. The topological polar surface area (TPSA) is 0 Å². The largest absolute Gasteiger partial charge is 0.0667 e. The third-order valence-electron chi connectivity index (χ3n) is 2.11. The molecule has 0 heteroatoms. The van der Waals surface area contributed by atoms with Crippen LogP contribution in [0.15, 0.2) is 5.57 Å². The Hall–Kier alpha value is -0.260. The first-order chi connectivity index (χ1) is 4.93. The fraction of sp³-hybridized carbons (Fsp3) is 0.800. The van der Waals surface area contributed by atoms with E-state index in [0.717, 1.165) is 0 Å². The van der Waals surface area contributed by atoms with E-state index in [1.54, 1.807) is 5.57 Å². The van der Waals surface area contributed by atoms with Crippen molar-refractivity contribution < 1.29 is 0 Å². The minimum atomic E-state index is 1.20. The first-order valence-electron chi connectivity index (χ1n) is 4.52. The van der Waals surface area contributed by atoms with Crippen molar-refractivity contribution in [2.24, 2.45) is 0 Å². The van der Waals surface area contributed by atoms with Gasteiger partial charge in [-0.1, -0.05) is 18.9 Å². The van der Waals surface area contributed by atoms with Crippen molar-refractivity contribution in [1.29, 1.82) is 0 Å². The summed E-state index contributed by atoms with van der Waals surface area (Å²) >= 11 is 0. The summed E-state index contributed by atoms with van der Waals surface area (Å²) in [6.45, 7) is 2.24. The van der Waals surface area contributed by atoms with Crippen LogP contribution in [-0.4, -0.2) is 0 Å². The summed E-state index contributed by atoms with van der Waals surface area (Å²) in [6.07, 6.45) is 12.8. The lowest BCUT2D eigenvalue weighted by atomic mass is 10.1. The SMILES string of the molecule is CCCC[C]=C1CCCC1. The highest BCUT2D eigenvalue weighted by atomic mass is 14.1. The lowest BCUT2D eigenvalue weighted by Gasteiger charge is -1.92. The zero-order valence-electron chi connectivity index (χ0n) is 6.95. The molecule has 1 rings (SSSR count). The third kappa shape index (κ3) is 2.55. The molecular weight excluding hydrogens is 120 g/mol. The monoisotopic (exact) mass is 137 g/mol. The van der Waals surface area contributed by atoms with Crippen molar-refractivity contribution in [3.63, 3.8) is 0 Å². The van der Waals surface area contributed by atoms with Crippen LogP contribution in [0.5, 0.6) is 0 Å². The Kier molecular flexibility index (Phi) is 3.56. The van der Waals surface area contributed by atoms with Crippen molar-refractivity contribution >= 4 is 0 Å². The first-order valence-corrected chi connectivity index (χ1v) is 4.52. The second-order valence-electron chi connectivity index (χ2n) is 3.09. The van der Waals surface area contributed by atoms with E-state index in [-0.39, 0.29) is 0 Å². The van der Waals surface area contributed by atoms with E-state index in [4.69, 9.17) is 0 Å². The van der Waals surface area contributed by atoms with E-state index in [0.29, 0.717) is 0 Å². The van der Waals surface area contributed by atoms with Crippen LogP contribution in [0.4, 0.5) is 0 Å². The van der Waals surface area contributed by atoms with Gasteiger partial charge in [-0.2, -0.15) is 0 Å². The molecule has 0 aromatic carbocycles. The Morgan fingerprint density at radius 2 is 2.00 bits per heavy atom. The molecule has 1 aliphatic rings. The fourth-order valence-electron chi connectivity index (χ4n) is 1.42. The summed E-state index contributed by atoms with van der Waals surface area (Å²) in [7, 11) is 0. The van der Waals surface area contributed by atoms with E-state index in [1.807, 2.05) is 0 Å². The third-order valence-corrected chi connectivity index (χ3v) is 2.11. The lowest BCUT2D eigenvalue weighted by Crippen LogP contribution is -1.74. The summed E-state index contributed by atoms with van der Waals surface area (Å²) < 4.78 is 0. The summed E-state index contributed by atoms with van der Waals surface area (Å²) in [6, 6.07) is 0. The summed E-state index contributed by atoms with van der Waals surface area (Å²) in [5, 5.41) is 0. The quantitative estimate of drug-likeness (QED) is 0.522. The van der Waals surface area contributed by atoms with Crippen molar-refractivity contribution in [3.05, 3.63) is 11.6 Å². The normalized spacial score (nSPS) is 17.9. The predicted octanol–water partition coefficient (Wildman–Crippen LogP) is 3.48. The van der Waals surface area contributed by atoms with Crippen LogP contribution in [0.2, 0.25) is 0 Å². The van der Waals surface area contributed by atoms with Gasteiger partial charge in [-0.3, -0.25) is 0 Å². The number of unbranched alkanes of at least 4 members (excludes halogenated alkanes) is 2. The van der Waals surface area contributed by atoms with Crippen molar-refractivity contribution in [2.45, 2.75) is 51.9 Å². The molecule has 0 spiro atoms. The van der Waals surface area contributed by atoms with E-state index in [1.165, 1.54) is 44.9 Å². The molecular formula is C10H17. The molecule has 0 amide bonds. The van der Waals surface area contributed by atoms with Gasteiger partial charge in [0.05, 0.1) is 0 Å². The van der Waals surface area contributed by atoms with Gasteiger partial charge >= 0.3 is 0 Å². The zero-order valence-corrected chi connectivity index (χ0v) is 6.95. The Labute approximate surface area is 64.3 Å². The van der Waals surface area contributed by atoms with Crippen LogP contribution in [-0.2, 0) is 0 Å². The Morgan fingerprint density at radius 1 is 1.30 bits per heavy atom. The maximum atomic E-state index is 3.50. The Bertz CT molecular complexity index is 103. The van der Waals surface area contributed by atoms with E-state index in [9.17, 15) is 0 Å². The van der Waals surface area contributed by atoms with Gasteiger partial charge in [0.15, 0.2) is 0 Å². The molecule has 0 saturated heterocycles. The van der Waals surface area contributed by atoms with Crippen LogP contribution in [0.25, 0.3) is 0 Å². The molecule has 0 aromatic heterocycles. The standard InChI is InChI=1S/C10H17/c1-2-3-4-7-10-8-5-6-9-10/h2-6,8-9H2,1H3. The van der Waals surface area contributed by atoms with Crippen LogP contribution >= 0.6 is 0 Å². The minimum Gasteiger partial charge on any atom is -0.0667 e. The van der Waals surface area contributed by atoms with Crippen LogP contribution in [0.1, 0.15) is 51.9 Å². The van der Waals surface area contributed by atoms with E-state index < -0.39 is 0 Å². The van der Waals surface area contributed by atoms with Gasteiger partial charge in [-0.15, -0.1) is 0 Å². The number of hydrogen-bond acceptors (Lipinski definition) is 0. The van der Waals surface area contributed by atoms with Gasteiger partial charge in [0.25, 0.3) is 0 Å². The predicted molar refractivity (Wildman–Crippen MR) is 44.7 cm³/mol. The molecule has 0 heterocycles. The molecule has 0 aliphatic heterocycles. The molecule has 0 atom stereocenters. The van der Waals surface area contributed by atoms with Crippen LogP contribution < -0.4 is 0 Å². The van der Waals surface area contributed by atoms with Gasteiger partial charge in [0, 0.05) is 0 Å². The average Bonchev–Trinajstić information content (AvgIpc) is 2.41. The number of rotatable bonds is 3. The van der Waals surface area contributed by atoms with Gasteiger partial charge < -0.3 is 0 Å². The number of hydrogen-bond donors (Lipinski definition) is 0. The van der Waals surface area contributed by atoms with Crippen molar-refractivity contribution in [2.75, 3.05) is 0 Å². The molecule has 0 unspecified atom stereocenters. The van der Waals surface area contributed by atoms with E-state index >= 15 is 0 Å². The summed E-state index contributed by atoms with van der Waals surface area (Å²) in [5.41, 5.74) is 1.61. The van der Waals surface area contributed by atoms with Crippen molar-refractivity contribution in [3.8, 4) is 0 Å². The molecule has 1 aliphatic carbocycles. The summed E-state index contributed by atoms with van der Waals surface area (Å²) in [5.74, 6) is 0. The molecule has 0 aromatic rings. The van der Waals surface area contributed by atoms with Gasteiger partial charge in [-0.25, -0.2) is 0 Å². The van der Waals surface area contributed by atoms with Gasteiger partial charge in [-0.05, 0) is 44.6 Å². The Balaban J connectivity index is 2.12. The smallest absolute Gasteiger partial charge is 0.0277 e. The maximum absolute atomic E-state index is 3.50. The molecule has 0 nitrogen and oxygen atoms in total. The molecule has 0 N–H and O–H groups in total. The van der Waals surface area contributed by atoms with Crippen molar-refractivity contribution in [1.82, 2.24) is 0 Å². The minimum absolute atomic E-state index is 1.20. The molecule has 57 valence electrons. The van der Waals surface area contributed by atoms with Gasteiger partial charge in [0.1, 0.15) is 0 Å². The Morgan fingerprint density at radius 3 is 2.60 bits per heavy atom. The average molecular weight is 137 g/mol. The second-order valence-corrected chi connectivity index (χ2v) is 3.09. The molecule has 1 radical (unpaired) electrons. The molecule has 10 heavy (non-hydrogen) atoms. The molecule has 1 fully saturated rings. The van der Waals surface area contributed by atoms with Gasteiger partial charge in [0.2, 0.25) is 0 Å². The first kappa shape index (κ1) is 7.84.